The van der Waals surface area contributed by atoms with Crippen LogP contribution in [-0.2, 0) is 4.79 Å². The fourth-order valence-corrected chi connectivity index (χ4v) is 8.47. The summed E-state index contributed by atoms with van der Waals surface area (Å²) in [4.78, 5) is 12.5. The van der Waals surface area contributed by atoms with E-state index in [-0.39, 0.29) is 5.41 Å². The molecule has 4 aliphatic carbocycles. The van der Waals surface area contributed by atoms with E-state index in [2.05, 4.69) is 25.6 Å². The molecule has 5 rings (SSSR count). The third-order valence-electron chi connectivity index (χ3n) is 9.06. The topological polar surface area (TPSA) is 17.1 Å². The molecule has 0 aromatic rings. The molecule has 0 unspecified atom stereocenters. The third-order valence-corrected chi connectivity index (χ3v) is 10.5. The van der Waals surface area contributed by atoms with E-state index in [1.165, 1.54) is 57.1 Å². The average molecular weight is 319 g/mol. The number of ketones is 1. The molecular weight excluding hydrogens is 288 g/mol. The van der Waals surface area contributed by atoms with Gasteiger partial charge in [0, 0.05) is 22.3 Å². The summed E-state index contributed by atoms with van der Waals surface area (Å²) in [6, 6.07) is 0. The lowest BCUT2D eigenvalue weighted by Gasteiger charge is -2.60. The van der Waals surface area contributed by atoms with Gasteiger partial charge in [0.1, 0.15) is 5.78 Å². The van der Waals surface area contributed by atoms with Gasteiger partial charge in [-0.05, 0) is 80.5 Å². The Morgan fingerprint density at radius 2 is 1.82 bits per heavy atom. The maximum atomic E-state index is 12.5. The van der Waals surface area contributed by atoms with E-state index in [4.69, 9.17) is 0 Å². The minimum Gasteiger partial charge on any atom is -0.299 e. The van der Waals surface area contributed by atoms with E-state index in [0.29, 0.717) is 11.2 Å². The molecule has 2 heteroatoms. The minimum atomic E-state index is 0.0621. The van der Waals surface area contributed by atoms with Crippen molar-refractivity contribution >= 4 is 17.5 Å². The summed E-state index contributed by atoms with van der Waals surface area (Å²) >= 11 is 2.25. The van der Waals surface area contributed by atoms with Crippen molar-refractivity contribution in [3.63, 3.8) is 0 Å². The molecule has 1 spiro atoms. The zero-order chi connectivity index (χ0) is 15.2. The first-order chi connectivity index (χ1) is 10.5. The predicted molar refractivity (Wildman–Crippen MR) is 91.9 cm³/mol. The second kappa shape index (κ2) is 4.35. The van der Waals surface area contributed by atoms with Gasteiger partial charge in [-0.2, -0.15) is 11.8 Å². The molecule has 4 saturated carbocycles. The molecule has 5 fully saturated rings. The Balaban J connectivity index is 1.45. The van der Waals surface area contributed by atoms with E-state index >= 15 is 0 Å². The number of hydrogen-bond donors (Lipinski definition) is 0. The highest BCUT2D eigenvalue weighted by Crippen LogP contribution is 2.69. The van der Waals surface area contributed by atoms with Gasteiger partial charge in [-0.15, -0.1) is 0 Å². The lowest BCUT2D eigenvalue weighted by molar-refractivity contribution is -0.139. The summed E-state index contributed by atoms with van der Waals surface area (Å²) in [6.07, 6.45) is 12.0. The van der Waals surface area contributed by atoms with Crippen LogP contribution >= 0.6 is 11.8 Å². The summed E-state index contributed by atoms with van der Waals surface area (Å²) in [5, 5.41) is 0. The molecule has 122 valence electrons. The molecule has 5 aliphatic rings. The zero-order valence-corrected chi connectivity index (χ0v) is 15.0. The van der Waals surface area contributed by atoms with Gasteiger partial charge >= 0.3 is 0 Å². The lowest BCUT2D eigenvalue weighted by Crippen LogP contribution is -2.54. The van der Waals surface area contributed by atoms with Crippen molar-refractivity contribution in [1.29, 1.82) is 0 Å². The smallest absolute Gasteiger partial charge is 0.139 e. The Morgan fingerprint density at radius 3 is 2.59 bits per heavy atom. The van der Waals surface area contributed by atoms with Crippen molar-refractivity contribution < 1.29 is 4.79 Å². The standard InChI is InChI=1S/C20H30OS/c1-18-9-10-20(12-22-20)11-13(18)3-4-14-15-5-6-17(21)19(15,2)8-7-16(14)18/h13-16H,3-12H2,1-2H3/t13-,14+,15+,16+,18+,19+,20+/m1/s1. The molecule has 22 heavy (non-hydrogen) atoms. The van der Waals surface area contributed by atoms with Crippen LogP contribution < -0.4 is 0 Å². The molecule has 0 radical (unpaired) electrons. The fraction of sp³-hybridized carbons (Fsp3) is 0.950. The highest BCUT2D eigenvalue weighted by atomic mass is 32.2. The third kappa shape index (κ3) is 1.71. The minimum absolute atomic E-state index is 0.0621. The van der Waals surface area contributed by atoms with E-state index in [1.807, 2.05) is 0 Å². The van der Waals surface area contributed by atoms with E-state index in [9.17, 15) is 4.79 Å². The Hall–Kier alpha value is 0.0200. The molecule has 1 nitrogen and oxygen atoms in total. The van der Waals surface area contributed by atoms with Crippen LogP contribution in [0.25, 0.3) is 0 Å². The molecule has 0 bridgehead atoms. The van der Waals surface area contributed by atoms with Gasteiger partial charge < -0.3 is 0 Å². The molecule has 1 heterocycles. The second-order valence-corrected chi connectivity index (χ2v) is 11.2. The van der Waals surface area contributed by atoms with Crippen LogP contribution in [0, 0.1) is 34.5 Å². The molecule has 7 atom stereocenters. The Kier molecular flexibility index (Phi) is 2.84. The van der Waals surface area contributed by atoms with Gasteiger partial charge in [0.05, 0.1) is 0 Å². The van der Waals surface area contributed by atoms with Crippen molar-refractivity contribution in [1.82, 2.24) is 0 Å². The Morgan fingerprint density at radius 1 is 1.00 bits per heavy atom. The molecule has 0 aromatic heterocycles. The number of carbonyl (C=O) groups excluding carboxylic acids is 1. The van der Waals surface area contributed by atoms with Gasteiger partial charge in [-0.1, -0.05) is 13.8 Å². The number of Topliss-reactive ketones (excluding diaryl/α,β-unsaturated/α-hetero) is 1. The Labute approximate surface area is 139 Å². The van der Waals surface area contributed by atoms with E-state index in [1.54, 1.807) is 0 Å². The van der Waals surface area contributed by atoms with Crippen molar-refractivity contribution in [2.75, 3.05) is 5.75 Å². The van der Waals surface area contributed by atoms with Crippen LogP contribution in [0.3, 0.4) is 0 Å². The van der Waals surface area contributed by atoms with Crippen molar-refractivity contribution in [2.24, 2.45) is 34.5 Å². The van der Waals surface area contributed by atoms with Crippen LogP contribution in [0.2, 0.25) is 0 Å². The summed E-state index contributed by atoms with van der Waals surface area (Å²) in [5.74, 6) is 5.55. The highest BCUT2D eigenvalue weighted by Gasteiger charge is 2.62. The van der Waals surface area contributed by atoms with Crippen LogP contribution in [0.1, 0.15) is 71.6 Å². The Bertz CT molecular complexity index is 524. The van der Waals surface area contributed by atoms with Crippen molar-refractivity contribution in [3.8, 4) is 0 Å². The van der Waals surface area contributed by atoms with Gasteiger partial charge in [0.15, 0.2) is 0 Å². The molecule has 1 saturated heterocycles. The highest BCUT2D eigenvalue weighted by molar-refractivity contribution is 8.07. The lowest BCUT2D eigenvalue weighted by atomic mass is 9.45. The number of carbonyl (C=O) groups is 1. The molecule has 1 aliphatic heterocycles. The normalized spacial score (nSPS) is 59.8. The maximum absolute atomic E-state index is 12.5. The summed E-state index contributed by atoms with van der Waals surface area (Å²) in [7, 11) is 0. The zero-order valence-electron chi connectivity index (χ0n) is 14.2. The van der Waals surface area contributed by atoms with Crippen LogP contribution in [-0.4, -0.2) is 16.3 Å². The number of thioether (sulfide) groups is 1. The van der Waals surface area contributed by atoms with Crippen LogP contribution in [0.5, 0.6) is 0 Å². The number of rotatable bonds is 0. The van der Waals surface area contributed by atoms with Crippen molar-refractivity contribution in [2.45, 2.75) is 76.4 Å². The first-order valence-electron chi connectivity index (χ1n) is 9.64. The summed E-state index contributed by atoms with van der Waals surface area (Å²) < 4.78 is 0.726. The molecular formula is C20H30OS. The molecule has 0 aromatic carbocycles. The number of hydrogen-bond acceptors (Lipinski definition) is 2. The molecule has 0 amide bonds. The van der Waals surface area contributed by atoms with Crippen LogP contribution in [0.15, 0.2) is 0 Å². The van der Waals surface area contributed by atoms with E-state index in [0.717, 1.165) is 34.8 Å². The quantitative estimate of drug-likeness (QED) is 0.579. The monoisotopic (exact) mass is 318 g/mol. The summed E-state index contributed by atoms with van der Waals surface area (Å²) in [5.41, 5.74) is 0.664. The molecule has 0 N–H and O–H groups in total. The van der Waals surface area contributed by atoms with Gasteiger partial charge in [-0.25, -0.2) is 0 Å². The van der Waals surface area contributed by atoms with Crippen molar-refractivity contribution in [3.05, 3.63) is 0 Å². The fourth-order valence-electron chi connectivity index (χ4n) is 7.44. The van der Waals surface area contributed by atoms with Gasteiger partial charge in [-0.3, -0.25) is 4.79 Å². The largest absolute Gasteiger partial charge is 0.299 e. The average Bonchev–Trinajstić information content (AvgIpc) is 3.19. The first kappa shape index (κ1) is 14.4. The predicted octanol–water partition coefficient (Wildman–Crippen LogP) is 5.08. The van der Waals surface area contributed by atoms with Gasteiger partial charge in [0.2, 0.25) is 0 Å². The second-order valence-electron chi connectivity index (χ2n) is 9.75. The van der Waals surface area contributed by atoms with Gasteiger partial charge in [0.25, 0.3) is 0 Å². The van der Waals surface area contributed by atoms with Crippen LogP contribution in [0.4, 0.5) is 0 Å². The first-order valence-corrected chi connectivity index (χ1v) is 10.6. The SMILES string of the molecule is C[C@]12CC[C@@]3(CS3)C[C@H]1CC[C@@H]1[C@@H]2CC[C@]2(C)C(=O)CC[C@@H]12. The van der Waals surface area contributed by atoms with E-state index < -0.39 is 0 Å². The number of fused-ring (bicyclic) bond motifs is 5. The maximum Gasteiger partial charge on any atom is 0.139 e. The summed E-state index contributed by atoms with van der Waals surface area (Å²) in [6.45, 7) is 4.96.